The lowest BCUT2D eigenvalue weighted by Crippen LogP contribution is -2.34. The maximum Gasteiger partial charge on any atom is 0.272 e. The van der Waals surface area contributed by atoms with Crippen LogP contribution in [0.3, 0.4) is 0 Å². The van der Waals surface area contributed by atoms with Crippen LogP contribution in [0.1, 0.15) is 47.4 Å². The summed E-state index contributed by atoms with van der Waals surface area (Å²) >= 11 is 0. The van der Waals surface area contributed by atoms with Gasteiger partial charge in [-0.05, 0) is 38.9 Å². The maximum atomic E-state index is 12.2. The van der Waals surface area contributed by atoms with Crippen molar-refractivity contribution < 1.29 is 4.79 Å². The van der Waals surface area contributed by atoms with Crippen LogP contribution in [-0.4, -0.2) is 53.7 Å². The van der Waals surface area contributed by atoms with Crippen LogP contribution in [0.4, 0.5) is 0 Å². The van der Waals surface area contributed by atoms with Gasteiger partial charge in [0.25, 0.3) is 5.91 Å². The first-order chi connectivity index (χ1) is 10.3. The van der Waals surface area contributed by atoms with E-state index >= 15 is 0 Å². The Kier molecular flexibility index (Phi) is 4.87. The van der Waals surface area contributed by atoms with Crippen molar-refractivity contribution in [3.05, 3.63) is 17.0 Å². The zero-order valence-electron chi connectivity index (χ0n) is 12.6. The molecular weight excluding hydrogens is 266 g/mol. The van der Waals surface area contributed by atoms with Gasteiger partial charge in [-0.25, -0.2) is 0 Å². The van der Waals surface area contributed by atoms with Crippen LogP contribution in [0.25, 0.3) is 0 Å². The van der Waals surface area contributed by atoms with Crippen LogP contribution in [0.2, 0.25) is 0 Å². The monoisotopic (exact) mass is 291 g/mol. The van der Waals surface area contributed by atoms with Gasteiger partial charge in [-0.1, -0.05) is 6.42 Å². The highest BCUT2D eigenvalue weighted by atomic mass is 16.1. The Labute approximate surface area is 125 Å². The molecule has 1 aromatic rings. The van der Waals surface area contributed by atoms with Gasteiger partial charge in [0.2, 0.25) is 0 Å². The van der Waals surface area contributed by atoms with Gasteiger partial charge in [-0.15, -0.1) is 0 Å². The van der Waals surface area contributed by atoms with Gasteiger partial charge in [0.05, 0.1) is 0 Å². The number of fused-ring (bicyclic) bond motifs is 1. The second-order valence-electron chi connectivity index (χ2n) is 5.97. The topological polar surface area (TPSA) is 73.0 Å². The Morgan fingerprint density at radius 2 is 2.14 bits per heavy atom. The van der Waals surface area contributed by atoms with E-state index in [1.165, 1.54) is 32.4 Å². The predicted octanol–water partition coefficient (Wildman–Crippen LogP) is 0.661. The predicted molar refractivity (Wildman–Crippen MR) is 81.2 cm³/mol. The summed E-state index contributed by atoms with van der Waals surface area (Å²) in [6.45, 7) is 5.93. The van der Waals surface area contributed by atoms with E-state index in [0.29, 0.717) is 5.69 Å². The van der Waals surface area contributed by atoms with Gasteiger partial charge in [0, 0.05) is 37.3 Å². The summed E-state index contributed by atoms with van der Waals surface area (Å²) in [5.74, 6) is -0.0464. The summed E-state index contributed by atoms with van der Waals surface area (Å²) in [5, 5.41) is 13.5. The molecule has 0 aromatic carbocycles. The average Bonchev–Trinajstić information content (AvgIpc) is 2.96. The molecule has 2 aliphatic rings. The summed E-state index contributed by atoms with van der Waals surface area (Å²) in [6.07, 6.45) is 5.93. The van der Waals surface area contributed by atoms with Gasteiger partial charge in [-0.2, -0.15) is 5.10 Å². The van der Waals surface area contributed by atoms with Crippen LogP contribution < -0.4 is 10.6 Å². The van der Waals surface area contributed by atoms with E-state index in [0.717, 1.165) is 50.3 Å². The lowest BCUT2D eigenvalue weighted by Gasteiger charge is -2.26. The number of amides is 1. The number of likely N-dealkylation sites (tertiary alicyclic amines) is 1. The number of nitrogens with one attached hydrogen (secondary N) is 3. The fourth-order valence-electron chi connectivity index (χ4n) is 3.18. The van der Waals surface area contributed by atoms with Crippen molar-refractivity contribution in [2.45, 2.75) is 38.6 Å². The van der Waals surface area contributed by atoms with Crippen LogP contribution in [0.15, 0.2) is 0 Å². The van der Waals surface area contributed by atoms with E-state index in [9.17, 15) is 4.79 Å². The smallest absolute Gasteiger partial charge is 0.272 e. The van der Waals surface area contributed by atoms with E-state index in [4.69, 9.17) is 0 Å². The van der Waals surface area contributed by atoms with Crippen molar-refractivity contribution in [3.8, 4) is 0 Å². The quantitative estimate of drug-likeness (QED) is 0.697. The molecule has 6 heteroatoms. The molecule has 0 bridgehead atoms. The highest BCUT2D eigenvalue weighted by Crippen LogP contribution is 2.15. The van der Waals surface area contributed by atoms with E-state index in [2.05, 4.69) is 25.7 Å². The molecule has 1 saturated heterocycles. The fraction of sp³-hybridized carbons (Fsp3) is 0.733. The number of H-pyrrole nitrogens is 1. The molecule has 0 unspecified atom stereocenters. The van der Waals surface area contributed by atoms with E-state index in [1.807, 2.05) is 0 Å². The van der Waals surface area contributed by atoms with Gasteiger partial charge < -0.3 is 15.5 Å². The van der Waals surface area contributed by atoms with Crippen molar-refractivity contribution in [3.63, 3.8) is 0 Å². The van der Waals surface area contributed by atoms with Gasteiger partial charge in [0.1, 0.15) is 0 Å². The molecule has 0 radical (unpaired) electrons. The van der Waals surface area contributed by atoms with Crippen molar-refractivity contribution in [1.82, 2.24) is 25.7 Å². The molecule has 1 aromatic heterocycles. The number of aromatic amines is 1. The van der Waals surface area contributed by atoms with E-state index in [-0.39, 0.29) is 5.91 Å². The lowest BCUT2D eigenvalue weighted by atomic mass is 10.1. The number of rotatable bonds is 5. The molecule has 1 fully saturated rings. The first-order valence-electron chi connectivity index (χ1n) is 8.12. The Morgan fingerprint density at radius 1 is 1.29 bits per heavy atom. The minimum atomic E-state index is -0.0464. The largest absolute Gasteiger partial charge is 0.351 e. The number of hydrogen-bond donors (Lipinski definition) is 3. The summed E-state index contributed by atoms with van der Waals surface area (Å²) in [5.41, 5.74) is 2.71. The average molecular weight is 291 g/mol. The number of nitrogens with zero attached hydrogens (tertiary/aromatic N) is 2. The van der Waals surface area contributed by atoms with Crippen LogP contribution >= 0.6 is 0 Å². The fourth-order valence-corrected chi connectivity index (χ4v) is 3.18. The number of carbonyl (C=O) groups excluding carboxylic acids is 1. The van der Waals surface area contributed by atoms with Crippen LogP contribution in [0.5, 0.6) is 0 Å². The Morgan fingerprint density at radius 3 is 3.00 bits per heavy atom. The first kappa shape index (κ1) is 14.5. The number of carbonyl (C=O) groups is 1. The number of piperidine rings is 1. The Balaban J connectivity index is 1.43. The number of hydrogen-bond acceptors (Lipinski definition) is 4. The molecule has 3 heterocycles. The minimum absolute atomic E-state index is 0.0464. The molecule has 116 valence electrons. The molecule has 2 aliphatic heterocycles. The molecular formula is C15H25N5O. The third-order valence-electron chi connectivity index (χ3n) is 4.41. The highest BCUT2D eigenvalue weighted by molar-refractivity contribution is 5.94. The zero-order chi connectivity index (χ0) is 14.5. The molecule has 3 N–H and O–H groups in total. The molecule has 0 spiro atoms. The van der Waals surface area contributed by atoms with Crippen LogP contribution in [-0.2, 0) is 13.0 Å². The molecule has 0 aliphatic carbocycles. The second-order valence-corrected chi connectivity index (χ2v) is 5.97. The zero-order valence-corrected chi connectivity index (χ0v) is 12.6. The maximum absolute atomic E-state index is 12.2. The highest BCUT2D eigenvalue weighted by Gasteiger charge is 2.21. The van der Waals surface area contributed by atoms with Gasteiger partial charge in [0.15, 0.2) is 5.69 Å². The Hall–Kier alpha value is -1.40. The third kappa shape index (κ3) is 3.63. The summed E-state index contributed by atoms with van der Waals surface area (Å²) in [6, 6.07) is 0. The first-order valence-corrected chi connectivity index (χ1v) is 8.12. The molecule has 3 rings (SSSR count). The molecule has 21 heavy (non-hydrogen) atoms. The van der Waals surface area contributed by atoms with Crippen LogP contribution in [0, 0.1) is 0 Å². The molecule has 1 amide bonds. The number of aromatic nitrogens is 2. The lowest BCUT2D eigenvalue weighted by molar-refractivity contribution is 0.0945. The molecule has 0 saturated carbocycles. The van der Waals surface area contributed by atoms with Crippen molar-refractivity contribution in [2.24, 2.45) is 0 Å². The summed E-state index contributed by atoms with van der Waals surface area (Å²) in [7, 11) is 0. The second kappa shape index (κ2) is 7.04. The SMILES string of the molecule is O=C(NCCCN1CCCCC1)c1n[nH]c2c1CNCC2. The minimum Gasteiger partial charge on any atom is -0.351 e. The summed E-state index contributed by atoms with van der Waals surface area (Å²) < 4.78 is 0. The van der Waals surface area contributed by atoms with Crippen molar-refractivity contribution in [1.29, 1.82) is 0 Å². The summed E-state index contributed by atoms with van der Waals surface area (Å²) in [4.78, 5) is 14.7. The third-order valence-corrected chi connectivity index (χ3v) is 4.41. The van der Waals surface area contributed by atoms with Gasteiger partial charge in [-0.3, -0.25) is 9.89 Å². The van der Waals surface area contributed by atoms with E-state index < -0.39 is 0 Å². The molecule has 6 nitrogen and oxygen atoms in total. The van der Waals surface area contributed by atoms with Gasteiger partial charge >= 0.3 is 0 Å². The van der Waals surface area contributed by atoms with E-state index in [1.54, 1.807) is 0 Å². The van der Waals surface area contributed by atoms with Crippen molar-refractivity contribution >= 4 is 5.91 Å². The normalized spacial score (nSPS) is 19.2. The molecule has 0 atom stereocenters. The van der Waals surface area contributed by atoms with Crippen molar-refractivity contribution in [2.75, 3.05) is 32.7 Å². The standard InChI is InChI=1S/C15H25N5O/c21-15(14-12-11-16-7-5-13(12)18-19-14)17-6-4-10-20-8-2-1-3-9-20/h16H,1-11H2,(H,17,21)(H,18,19). The Bertz CT molecular complexity index is 478.